The maximum absolute atomic E-state index is 12.7. The fourth-order valence-electron chi connectivity index (χ4n) is 2.81. The van der Waals surface area contributed by atoms with Gasteiger partial charge in [0.2, 0.25) is 0 Å². The average molecular weight is 536 g/mol. The van der Waals surface area contributed by atoms with Crippen LogP contribution in [0.15, 0.2) is 46.9 Å². The first-order valence-electron chi connectivity index (χ1n) is 10.7. The average Bonchev–Trinajstić information content (AvgIpc) is 2.77. The molecule has 0 atom stereocenters. The van der Waals surface area contributed by atoms with E-state index < -0.39 is 11.8 Å². The molecule has 0 radical (unpaired) electrons. The van der Waals surface area contributed by atoms with Gasteiger partial charge in [-0.15, -0.1) is 0 Å². The van der Waals surface area contributed by atoms with Crippen molar-refractivity contribution in [1.29, 1.82) is 0 Å². The molecule has 0 aliphatic rings. The summed E-state index contributed by atoms with van der Waals surface area (Å²) in [5.74, 6) is 0.969. The molecule has 9 heteroatoms. The predicted octanol–water partition coefficient (Wildman–Crippen LogP) is 4.71. The summed E-state index contributed by atoms with van der Waals surface area (Å²) in [6.45, 7) is 8.61. The summed E-state index contributed by atoms with van der Waals surface area (Å²) in [7, 11) is 0. The zero-order chi connectivity index (χ0) is 24.4. The molecule has 2 rings (SSSR count). The molecule has 0 saturated heterocycles. The van der Waals surface area contributed by atoms with Gasteiger partial charge < -0.3 is 9.47 Å². The van der Waals surface area contributed by atoms with E-state index in [9.17, 15) is 9.59 Å². The maximum atomic E-state index is 12.7. The van der Waals surface area contributed by atoms with Crippen LogP contribution in [0.5, 0.6) is 11.5 Å². The summed E-state index contributed by atoms with van der Waals surface area (Å²) in [5, 5.41) is 2.49. The Hall–Kier alpha value is -2.65. The van der Waals surface area contributed by atoms with Crippen molar-refractivity contribution in [3.8, 4) is 11.5 Å². The zero-order valence-corrected chi connectivity index (χ0v) is 21.6. The summed E-state index contributed by atoms with van der Waals surface area (Å²) >= 11 is 8.50. The standard InChI is InChI=1S/C24H30BrN3O4S/c1-15(2)11-12-31-21-10-9-17(25)13-19(21)23(30)26-24(33)28-27-22(29)14-32-20-8-6-5-7-18(20)16(3)4/h5-10,13,15-16H,11-12,14H2,1-4H3,(H,27,29)(H2,26,28,30,33). The number of nitrogens with one attached hydrogen (secondary N) is 3. The Morgan fingerprint density at radius 3 is 2.42 bits per heavy atom. The highest BCUT2D eigenvalue weighted by Gasteiger charge is 2.16. The number of halogens is 1. The van der Waals surface area contributed by atoms with Crippen LogP contribution < -0.4 is 25.6 Å². The first-order valence-corrected chi connectivity index (χ1v) is 11.9. The molecule has 0 spiro atoms. The van der Waals surface area contributed by atoms with Gasteiger partial charge in [-0.05, 0) is 60.3 Å². The molecule has 0 unspecified atom stereocenters. The minimum atomic E-state index is -0.454. The van der Waals surface area contributed by atoms with Gasteiger partial charge >= 0.3 is 0 Å². The van der Waals surface area contributed by atoms with E-state index in [0.29, 0.717) is 29.6 Å². The summed E-state index contributed by atoms with van der Waals surface area (Å²) in [6.07, 6.45) is 0.868. The van der Waals surface area contributed by atoms with Crippen molar-refractivity contribution in [3.05, 3.63) is 58.1 Å². The van der Waals surface area contributed by atoms with Crippen molar-refractivity contribution < 1.29 is 19.1 Å². The SMILES string of the molecule is CC(C)CCOc1ccc(Br)cc1C(=O)NC(=S)NNC(=O)COc1ccccc1C(C)C. The molecule has 0 bridgehead atoms. The van der Waals surface area contributed by atoms with E-state index in [-0.39, 0.29) is 17.6 Å². The molecule has 178 valence electrons. The topological polar surface area (TPSA) is 88.7 Å². The third-order valence-electron chi connectivity index (χ3n) is 4.58. The lowest BCUT2D eigenvalue weighted by atomic mass is 10.0. The normalized spacial score (nSPS) is 10.6. The number of carbonyl (C=O) groups is 2. The molecule has 0 aromatic heterocycles. The van der Waals surface area contributed by atoms with Crippen molar-refractivity contribution in [2.75, 3.05) is 13.2 Å². The van der Waals surface area contributed by atoms with Gasteiger partial charge in [-0.2, -0.15) is 0 Å². The van der Waals surface area contributed by atoms with Crippen molar-refractivity contribution >= 4 is 45.1 Å². The van der Waals surface area contributed by atoms with Gasteiger partial charge in [-0.1, -0.05) is 61.8 Å². The number of para-hydroxylation sites is 1. The molecule has 2 aromatic rings. The van der Waals surface area contributed by atoms with Crippen molar-refractivity contribution in [1.82, 2.24) is 16.2 Å². The minimum Gasteiger partial charge on any atom is -0.493 e. The fourth-order valence-corrected chi connectivity index (χ4v) is 3.31. The van der Waals surface area contributed by atoms with Crippen LogP contribution in [-0.4, -0.2) is 30.1 Å². The first-order chi connectivity index (χ1) is 15.7. The van der Waals surface area contributed by atoms with Crippen molar-refractivity contribution in [3.63, 3.8) is 0 Å². The number of hydrogen-bond donors (Lipinski definition) is 3. The summed E-state index contributed by atoms with van der Waals surface area (Å²) in [4.78, 5) is 24.8. The van der Waals surface area contributed by atoms with E-state index in [2.05, 4.69) is 59.8 Å². The van der Waals surface area contributed by atoms with E-state index in [1.165, 1.54) is 0 Å². The van der Waals surface area contributed by atoms with E-state index in [1.807, 2.05) is 24.3 Å². The van der Waals surface area contributed by atoms with Gasteiger partial charge in [-0.25, -0.2) is 0 Å². The highest BCUT2D eigenvalue weighted by Crippen LogP contribution is 2.26. The second-order valence-electron chi connectivity index (χ2n) is 8.11. The number of carbonyl (C=O) groups excluding carboxylic acids is 2. The largest absolute Gasteiger partial charge is 0.493 e. The Morgan fingerprint density at radius 1 is 1.00 bits per heavy atom. The molecule has 3 N–H and O–H groups in total. The molecular weight excluding hydrogens is 506 g/mol. The molecule has 2 aromatic carbocycles. The smallest absolute Gasteiger partial charge is 0.276 e. The van der Waals surface area contributed by atoms with Gasteiger partial charge in [0.25, 0.3) is 11.8 Å². The van der Waals surface area contributed by atoms with Crippen molar-refractivity contribution in [2.45, 2.75) is 40.0 Å². The van der Waals surface area contributed by atoms with E-state index in [1.54, 1.807) is 18.2 Å². The number of hydrogen-bond acceptors (Lipinski definition) is 5. The lowest BCUT2D eigenvalue weighted by molar-refractivity contribution is -0.123. The van der Waals surface area contributed by atoms with Gasteiger partial charge in [0.1, 0.15) is 11.5 Å². The van der Waals surface area contributed by atoms with Crippen LogP contribution in [0.1, 0.15) is 56.0 Å². The van der Waals surface area contributed by atoms with Crippen molar-refractivity contribution in [2.24, 2.45) is 5.92 Å². The molecule has 0 fully saturated rings. The van der Waals surface area contributed by atoms with Gasteiger partial charge in [-0.3, -0.25) is 25.8 Å². The molecule has 0 aliphatic carbocycles. The lowest BCUT2D eigenvalue weighted by Crippen LogP contribution is -2.49. The number of ether oxygens (including phenoxy) is 2. The number of hydrazine groups is 1. The number of amides is 2. The van der Waals surface area contributed by atoms with Crippen LogP contribution in [0.3, 0.4) is 0 Å². The molecule has 7 nitrogen and oxygen atoms in total. The Morgan fingerprint density at radius 2 is 1.73 bits per heavy atom. The Labute approximate surface area is 208 Å². The second-order valence-corrected chi connectivity index (χ2v) is 9.43. The zero-order valence-electron chi connectivity index (χ0n) is 19.2. The number of benzene rings is 2. The summed E-state index contributed by atoms with van der Waals surface area (Å²) < 4.78 is 12.1. The Bertz CT molecular complexity index is 982. The third kappa shape index (κ3) is 9.01. The maximum Gasteiger partial charge on any atom is 0.276 e. The van der Waals surface area contributed by atoms with Crippen LogP contribution in [0, 0.1) is 5.92 Å². The predicted molar refractivity (Wildman–Crippen MR) is 136 cm³/mol. The molecular formula is C24H30BrN3O4S. The van der Waals surface area contributed by atoms with Crippen LogP contribution in [-0.2, 0) is 4.79 Å². The molecule has 0 aliphatic heterocycles. The first kappa shape index (κ1) is 26.6. The fraction of sp³-hybridized carbons (Fsp3) is 0.375. The summed E-state index contributed by atoms with van der Waals surface area (Å²) in [6, 6.07) is 12.7. The molecule has 33 heavy (non-hydrogen) atoms. The highest BCUT2D eigenvalue weighted by atomic mass is 79.9. The van der Waals surface area contributed by atoms with E-state index >= 15 is 0 Å². The number of thiocarbonyl (C=S) groups is 1. The van der Waals surface area contributed by atoms with Crippen LogP contribution in [0.2, 0.25) is 0 Å². The highest BCUT2D eigenvalue weighted by molar-refractivity contribution is 9.10. The molecule has 0 saturated carbocycles. The Balaban J connectivity index is 1.86. The lowest BCUT2D eigenvalue weighted by Gasteiger charge is -2.15. The van der Waals surface area contributed by atoms with Gasteiger partial charge in [0.05, 0.1) is 12.2 Å². The minimum absolute atomic E-state index is 0.0518. The van der Waals surface area contributed by atoms with Crippen LogP contribution in [0.25, 0.3) is 0 Å². The quantitative estimate of drug-likeness (QED) is 0.318. The van der Waals surface area contributed by atoms with E-state index in [0.717, 1.165) is 16.5 Å². The summed E-state index contributed by atoms with van der Waals surface area (Å²) in [5.41, 5.74) is 6.28. The monoisotopic (exact) mass is 535 g/mol. The Kier molecular flexibility index (Phi) is 10.6. The molecule has 0 heterocycles. The van der Waals surface area contributed by atoms with Gasteiger partial charge in [0.15, 0.2) is 11.7 Å². The third-order valence-corrected chi connectivity index (χ3v) is 5.28. The van der Waals surface area contributed by atoms with Crippen LogP contribution >= 0.6 is 28.1 Å². The molecule has 2 amide bonds. The second kappa shape index (κ2) is 13.2. The number of rotatable bonds is 9. The van der Waals surface area contributed by atoms with Crippen LogP contribution in [0.4, 0.5) is 0 Å². The van der Waals surface area contributed by atoms with Gasteiger partial charge in [0, 0.05) is 4.47 Å². The van der Waals surface area contributed by atoms with E-state index in [4.69, 9.17) is 21.7 Å².